The van der Waals surface area contributed by atoms with E-state index in [0.29, 0.717) is 5.69 Å². The fourth-order valence-electron chi connectivity index (χ4n) is 2.73. The van der Waals surface area contributed by atoms with Crippen molar-refractivity contribution in [3.05, 3.63) is 52.4 Å². The molecule has 0 bridgehead atoms. The monoisotopic (exact) mass is 328 g/mol. The lowest BCUT2D eigenvalue weighted by atomic mass is 10.2. The van der Waals surface area contributed by atoms with Crippen LogP contribution < -0.4 is 15.8 Å². The van der Waals surface area contributed by atoms with Crippen molar-refractivity contribution >= 4 is 17.3 Å². The predicted octanol–water partition coefficient (Wildman–Crippen LogP) is 1.26. The molecule has 0 aliphatic carbocycles. The molecule has 3 rings (SSSR count). The second-order valence-corrected chi connectivity index (χ2v) is 5.77. The molecule has 1 amide bonds. The lowest BCUT2D eigenvalue weighted by Gasteiger charge is -2.18. The van der Waals surface area contributed by atoms with Crippen molar-refractivity contribution in [2.45, 2.75) is 12.5 Å². The Balaban J connectivity index is 1.66. The third-order valence-corrected chi connectivity index (χ3v) is 4.16. The van der Waals surface area contributed by atoms with Crippen LogP contribution in [0.1, 0.15) is 16.9 Å². The van der Waals surface area contributed by atoms with Crippen LogP contribution in [0, 0.1) is 0 Å². The molecule has 0 spiro atoms. The molecule has 1 fully saturated rings. The minimum Gasteiger partial charge on any atom is -0.380 e. The average molecular weight is 328 g/mol. The molecule has 0 radical (unpaired) electrons. The molecule has 7 nitrogen and oxygen atoms in total. The van der Waals surface area contributed by atoms with Gasteiger partial charge in [0.05, 0.1) is 6.10 Å². The van der Waals surface area contributed by atoms with E-state index in [1.165, 1.54) is 19.2 Å². The Morgan fingerprint density at radius 1 is 1.25 bits per heavy atom. The van der Waals surface area contributed by atoms with Crippen LogP contribution in [-0.4, -0.2) is 42.0 Å². The topological polar surface area (TPSA) is 76.5 Å². The lowest BCUT2D eigenvalue weighted by Crippen LogP contribution is -2.23. The zero-order valence-corrected chi connectivity index (χ0v) is 13.7. The Hall–Kier alpha value is -2.67. The Labute approximate surface area is 139 Å². The summed E-state index contributed by atoms with van der Waals surface area (Å²) >= 11 is 0. The van der Waals surface area contributed by atoms with Gasteiger partial charge in [-0.1, -0.05) is 0 Å². The first kappa shape index (κ1) is 16.2. The number of nitrogens with one attached hydrogen (secondary N) is 1. The third-order valence-electron chi connectivity index (χ3n) is 4.16. The van der Waals surface area contributed by atoms with E-state index < -0.39 is 0 Å². The first-order chi connectivity index (χ1) is 11.6. The largest absolute Gasteiger partial charge is 0.380 e. The summed E-state index contributed by atoms with van der Waals surface area (Å²) < 4.78 is 6.51. The van der Waals surface area contributed by atoms with Gasteiger partial charge < -0.3 is 15.0 Å². The number of nitrogens with zero attached hydrogens (tertiary/aromatic N) is 3. The highest BCUT2D eigenvalue weighted by Gasteiger charge is 2.22. The number of amides is 1. The summed E-state index contributed by atoms with van der Waals surface area (Å²) in [6.07, 6.45) is 1.30. The van der Waals surface area contributed by atoms with Gasteiger partial charge in [0, 0.05) is 44.7 Å². The van der Waals surface area contributed by atoms with Crippen LogP contribution in [0.15, 0.2) is 41.2 Å². The number of aryl methyl sites for hydroxylation is 1. The Kier molecular flexibility index (Phi) is 4.61. The number of hydrogen-bond donors (Lipinski definition) is 1. The predicted molar refractivity (Wildman–Crippen MR) is 91.5 cm³/mol. The molecule has 2 aromatic rings. The average Bonchev–Trinajstić information content (AvgIpc) is 3.07. The minimum atomic E-state index is -0.348. The zero-order chi connectivity index (χ0) is 17.1. The number of aromatic nitrogens is 2. The smallest absolute Gasteiger partial charge is 0.276 e. The maximum atomic E-state index is 12.2. The molecule has 1 unspecified atom stereocenters. The molecular weight excluding hydrogens is 308 g/mol. The van der Waals surface area contributed by atoms with Gasteiger partial charge in [0.2, 0.25) is 0 Å². The van der Waals surface area contributed by atoms with Crippen molar-refractivity contribution in [3.63, 3.8) is 0 Å². The fraction of sp³-hybridized carbons (Fsp3) is 0.353. The zero-order valence-electron chi connectivity index (χ0n) is 13.7. The van der Waals surface area contributed by atoms with Crippen LogP contribution in [-0.2, 0) is 11.8 Å². The maximum Gasteiger partial charge on any atom is 0.276 e. The van der Waals surface area contributed by atoms with Gasteiger partial charge in [0.15, 0.2) is 0 Å². The molecular formula is C17H20N4O3. The van der Waals surface area contributed by atoms with E-state index >= 15 is 0 Å². The van der Waals surface area contributed by atoms with E-state index in [4.69, 9.17) is 4.74 Å². The molecule has 126 valence electrons. The van der Waals surface area contributed by atoms with Gasteiger partial charge in [-0.25, -0.2) is 4.68 Å². The van der Waals surface area contributed by atoms with E-state index in [2.05, 4.69) is 15.3 Å². The van der Waals surface area contributed by atoms with Gasteiger partial charge in [-0.05, 0) is 36.8 Å². The van der Waals surface area contributed by atoms with E-state index in [9.17, 15) is 9.59 Å². The molecule has 2 heterocycles. The van der Waals surface area contributed by atoms with Crippen LogP contribution in [0.2, 0.25) is 0 Å². The molecule has 24 heavy (non-hydrogen) atoms. The highest BCUT2D eigenvalue weighted by atomic mass is 16.5. The first-order valence-corrected chi connectivity index (χ1v) is 7.80. The van der Waals surface area contributed by atoms with Gasteiger partial charge in [-0.2, -0.15) is 5.10 Å². The van der Waals surface area contributed by atoms with Crippen molar-refractivity contribution in [1.29, 1.82) is 0 Å². The number of rotatable bonds is 4. The summed E-state index contributed by atoms with van der Waals surface area (Å²) in [5.41, 5.74) is 1.73. The fourth-order valence-corrected chi connectivity index (χ4v) is 2.73. The number of ether oxygens (including phenoxy) is 1. The van der Waals surface area contributed by atoms with Crippen LogP contribution >= 0.6 is 0 Å². The molecule has 1 aliphatic rings. The van der Waals surface area contributed by atoms with Gasteiger partial charge in [-0.3, -0.25) is 9.59 Å². The van der Waals surface area contributed by atoms with Gasteiger partial charge in [0.1, 0.15) is 5.69 Å². The Morgan fingerprint density at radius 2 is 2.00 bits per heavy atom. The van der Waals surface area contributed by atoms with Gasteiger partial charge in [-0.15, -0.1) is 0 Å². The number of hydrogen-bond acceptors (Lipinski definition) is 5. The minimum absolute atomic E-state index is 0.198. The Bertz CT molecular complexity index is 785. The molecule has 1 aromatic carbocycles. The van der Waals surface area contributed by atoms with Crippen LogP contribution in [0.5, 0.6) is 0 Å². The standard InChI is InChI=1S/C17H20N4O3/c1-20-16(22)8-7-15(19-20)17(23)18-12-3-5-13(6-4-12)21-10-9-14(11-21)24-2/h3-8,14H,9-11H2,1-2H3,(H,18,23). The number of methoxy groups -OCH3 is 1. The van der Waals surface area contributed by atoms with Crippen molar-refractivity contribution in [2.24, 2.45) is 7.05 Å². The van der Waals surface area contributed by atoms with Gasteiger partial charge >= 0.3 is 0 Å². The molecule has 1 aliphatic heterocycles. The molecule has 0 saturated carbocycles. The summed E-state index contributed by atoms with van der Waals surface area (Å²) in [6, 6.07) is 10.4. The SMILES string of the molecule is COC1CCN(c2ccc(NC(=O)c3ccc(=O)n(C)n3)cc2)C1. The van der Waals surface area contributed by atoms with Crippen molar-refractivity contribution in [3.8, 4) is 0 Å². The highest BCUT2D eigenvalue weighted by Crippen LogP contribution is 2.23. The quantitative estimate of drug-likeness (QED) is 0.914. The van der Waals surface area contributed by atoms with Crippen LogP contribution in [0.25, 0.3) is 0 Å². The van der Waals surface area contributed by atoms with Gasteiger partial charge in [0.25, 0.3) is 11.5 Å². The second kappa shape index (κ2) is 6.84. The lowest BCUT2D eigenvalue weighted by molar-refractivity contribution is 0.102. The number of carbonyl (C=O) groups is 1. The molecule has 1 saturated heterocycles. The number of anilines is 2. The van der Waals surface area contributed by atoms with Crippen LogP contribution in [0.3, 0.4) is 0 Å². The summed E-state index contributed by atoms with van der Waals surface area (Å²) in [5, 5.41) is 6.72. The van der Waals surface area contributed by atoms with Crippen molar-refractivity contribution in [1.82, 2.24) is 9.78 Å². The summed E-state index contributed by atoms with van der Waals surface area (Å²) in [7, 11) is 3.25. The molecule has 1 atom stereocenters. The van der Waals surface area contributed by atoms with E-state index in [1.54, 1.807) is 7.11 Å². The first-order valence-electron chi connectivity index (χ1n) is 7.80. The number of benzene rings is 1. The molecule has 1 N–H and O–H groups in total. The number of carbonyl (C=O) groups excluding carboxylic acids is 1. The summed E-state index contributed by atoms with van der Waals surface area (Å²) in [4.78, 5) is 25.8. The molecule has 7 heteroatoms. The maximum absolute atomic E-state index is 12.2. The summed E-state index contributed by atoms with van der Waals surface area (Å²) in [6.45, 7) is 1.84. The van der Waals surface area contributed by atoms with Crippen LogP contribution in [0.4, 0.5) is 11.4 Å². The highest BCUT2D eigenvalue weighted by molar-refractivity contribution is 6.02. The summed E-state index contributed by atoms with van der Waals surface area (Å²) in [5.74, 6) is -0.348. The third kappa shape index (κ3) is 3.46. The van der Waals surface area contributed by atoms with E-state index in [-0.39, 0.29) is 23.3 Å². The Morgan fingerprint density at radius 3 is 2.62 bits per heavy atom. The van der Waals surface area contributed by atoms with Crippen molar-refractivity contribution in [2.75, 3.05) is 30.4 Å². The second-order valence-electron chi connectivity index (χ2n) is 5.77. The molecule has 1 aromatic heterocycles. The van der Waals surface area contributed by atoms with E-state index in [0.717, 1.165) is 29.9 Å². The normalized spacial score (nSPS) is 17.1. The van der Waals surface area contributed by atoms with E-state index in [1.807, 2.05) is 24.3 Å². The van der Waals surface area contributed by atoms with Crippen molar-refractivity contribution < 1.29 is 9.53 Å².